The Bertz CT molecular complexity index is 438. The number of hydrogen-bond acceptors (Lipinski definition) is 1. The Kier molecular flexibility index (Phi) is 2.14. The van der Waals surface area contributed by atoms with Gasteiger partial charge in [-0.25, -0.2) is 0 Å². The molecule has 5 heteroatoms. The molecular weight excluding hydrogens is 307 g/mol. The number of halogens is 3. The quantitative estimate of drug-likeness (QED) is 0.728. The maximum Gasteiger partial charge on any atom is 0.132 e. The van der Waals surface area contributed by atoms with Gasteiger partial charge in [0.05, 0.1) is 26.9 Å². The highest BCUT2D eigenvalue weighted by Gasteiger charge is 2.06. The van der Waals surface area contributed by atoms with E-state index in [1.807, 2.05) is 10.6 Å². The molecule has 2 heterocycles. The van der Waals surface area contributed by atoms with Gasteiger partial charge in [0, 0.05) is 6.20 Å². The largest absolute Gasteiger partial charge is 0.302 e. The Hall–Kier alpha value is -0.0600. The number of rotatable bonds is 0. The minimum absolute atomic E-state index is 0.596. The van der Waals surface area contributed by atoms with E-state index in [1.165, 1.54) is 0 Å². The third-order valence-electron chi connectivity index (χ3n) is 1.54. The lowest BCUT2D eigenvalue weighted by Crippen LogP contribution is -1.84. The van der Waals surface area contributed by atoms with Gasteiger partial charge in [-0.1, -0.05) is 11.6 Å². The number of nitrogens with zero attached hydrogens (tertiary/aromatic N) is 2. The number of fused-ring (bicyclic) bond motifs is 1. The van der Waals surface area contributed by atoms with Gasteiger partial charge in [0.1, 0.15) is 5.15 Å². The molecule has 0 radical (unpaired) electrons. The molecule has 0 amide bonds. The first-order valence-corrected chi connectivity index (χ1v) is 5.12. The first-order chi connectivity index (χ1) is 5.70. The number of hydrogen-bond donors (Lipinski definition) is 0. The molecule has 2 aromatic heterocycles. The molecule has 0 fully saturated rings. The summed E-state index contributed by atoms with van der Waals surface area (Å²) in [7, 11) is 0. The van der Waals surface area contributed by atoms with Crippen molar-refractivity contribution in [2.45, 2.75) is 0 Å². The summed E-state index contributed by atoms with van der Waals surface area (Å²) in [6.45, 7) is 0. The molecule has 2 aromatic rings. The normalized spacial score (nSPS) is 10.9. The van der Waals surface area contributed by atoms with E-state index in [0.29, 0.717) is 5.15 Å². The summed E-state index contributed by atoms with van der Waals surface area (Å²) in [5.74, 6) is 0. The van der Waals surface area contributed by atoms with Gasteiger partial charge in [-0.15, -0.1) is 0 Å². The van der Waals surface area contributed by atoms with Gasteiger partial charge in [0.2, 0.25) is 0 Å². The molecule has 0 saturated carbocycles. The van der Waals surface area contributed by atoms with Crippen molar-refractivity contribution in [2.75, 3.05) is 0 Å². The Morgan fingerprint density at radius 3 is 2.75 bits per heavy atom. The maximum absolute atomic E-state index is 5.90. The van der Waals surface area contributed by atoms with Crippen LogP contribution < -0.4 is 0 Å². The van der Waals surface area contributed by atoms with Crippen LogP contribution >= 0.6 is 43.5 Å². The average Bonchev–Trinajstić information content (AvgIpc) is 2.32. The van der Waals surface area contributed by atoms with Crippen molar-refractivity contribution >= 4 is 49.0 Å². The van der Waals surface area contributed by atoms with E-state index < -0.39 is 0 Å². The fraction of sp³-hybridized carbons (Fsp3) is 0. The molecule has 62 valence electrons. The van der Waals surface area contributed by atoms with Crippen LogP contribution in [0.4, 0.5) is 0 Å². The van der Waals surface area contributed by atoms with E-state index in [2.05, 4.69) is 36.8 Å². The highest BCUT2D eigenvalue weighted by Crippen LogP contribution is 2.30. The van der Waals surface area contributed by atoms with Crippen LogP contribution in [0.25, 0.3) is 5.52 Å². The van der Waals surface area contributed by atoms with E-state index in [-0.39, 0.29) is 0 Å². The topological polar surface area (TPSA) is 17.3 Å². The molecule has 0 N–H and O–H groups in total. The SMILES string of the molecule is Clc1cncc2c(Br)c(Br)cn12. The van der Waals surface area contributed by atoms with Crippen molar-refractivity contribution in [3.63, 3.8) is 0 Å². The Morgan fingerprint density at radius 2 is 2.08 bits per heavy atom. The van der Waals surface area contributed by atoms with Crippen molar-refractivity contribution in [3.8, 4) is 0 Å². The maximum atomic E-state index is 5.90. The predicted octanol–water partition coefficient (Wildman–Crippen LogP) is 3.51. The van der Waals surface area contributed by atoms with Gasteiger partial charge in [-0.2, -0.15) is 0 Å². The van der Waals surface area contributed by atoms with Crippen LogP contribution in [0.5, 0.6) is 0 Å². The summed E-state index contributed by atoms with van der Waals surface area (Å²) in [6.07, 6.45) is 5.25. The van der Waals surface area contributed by atoms with Crippen LogP contribution in [-0.2, 0) is 0 Å². The lowest BCUT2D eigenvalue weighted by molar-refractivity contribution is 1.14. The standard InChI is InChI=1S/C7H3Br2ClN2/c8-4-3-12-5(7(4)9)1-11-2-6(12)10/h1-3H. The van der Waals surface area contributed by atoms with Crippen LogP contribution in [0.3, 0.4) is 0 Å². The van der Waals surface area contributed by atoms with Crippen LogP contribution in [0, 0.1) is 0 Å². The van der Waals surface area contributed by atoms with Crippen molar-refractivity contribution in [2.24, 2.45) is 0 Å². The summed E-state index contributed by atoms with van der Waals surface area (Å²) >= 11 is 12.7. The second-order valence-electron chi connectivity index (χ2n) is 2.28. The molecular formula is C7H3Br2ClN2. The monoisotopic (exact) mass is 308 g/mol. The van der Waals surface area contributed by atoms with Crippen LogP contribution in [-0.4, -0.2) is 9.38 Å². The van der Waals surface area contributed by atoms with Crippen molar-refractivity contribution < 1.29 is 0 Å². The third kappa shape index (κ3) is 1.18. The molecule has 0 aromatic carbocycles. The molecule has 0 atom stereocenters. The Labute approximate surface area is 90.8 Å². The second kappa shape index (κ2) is 3.01. The molecule has 0 bridgehead atoms. The summed E-state index contributed by atoms with van der Waals surface area (Å²) in [4.78, 5) is 3.98. The van der Waals surface area contributed by atoms with E-state index in [0.717, 1.165) is 14.5 Å². The van der Waals surface area contributed by atoms with Gasteiger partial charge >= 0.3 is 0 Å². The second-order valence-corrected chi connectivity index (χ2v) is 4.31. The number of aromatic nitrogens is 2. The fourth-order valence-corrected chi connectivity index (χ4v) is 1.99. The molecule has 0 aliphatic carbocycles. The summed E-state index contributed by atoms with van der Waals surface area (Å²) in [5.41, 5.74) is 0.953. The van der Waals surface area contributed by atoms with Crippen LogP contribution in [0.1, 0.15) is 0 Å². The highest BCUT2D eigenvalue weighted by molar-refractivity contribution is 9.13. The smallest absolute Gasteiger partial charge is 0.132 e. The van der Waals surface area contributed by atoms with E-state index in [4.69, 9.17) is 11.6 Å². The molecule has 0 spiro atoms. The predicted molar refractivity (Wildman–Crippen MR) is 55.6 cm³/mol. The lowest BCUT2D eigenvalue weighted by atomic mass is 10.5. The molecule has 2 nitrogen and oxygen atoms in total. The molecule has 0 unspecified atom stereocenters. The minimum Gasteiger partial charge on any atom is -0.302 e. The van der Waals surface area contributed by atoms with Crippen LogP contribution in [0.15, 0.2) is 27.5 Å². The van der Waals surface area contributed by atoms with Gasteiger partial charge in [-0.3, -0.25) is 4.98 Å². The van der Waals surface area contributed by atoms with E-state index >= 15 is 0 Å². The third-order valence-corrected chi connectivity index (χ3v) is 3.79. The van der Waals surface area contributed by atoms with Gasteiger partial charge in [0.25, 0.3) is 0 Å². The molecule has 12 heavy (non-hydrogen) atoms. The zero-order valence-electron chi connectivity index (χ0n) is 5.76. The molecule has 2 rings (SSSR count). The Balaban J connectivity index is 2.95. The first-order valence-electron chi connectivity index (χ1n) is 3.15. The van der Waals surface area contributed by atoms with Gasteiger partial charge < -0.3 is 4.40 Å². The summed E-state index contributed by atoms with van der Waals surface area (Å²) in [6, 6.07) is 0. The van der Waals surface area contributed by atoms with Crippen LogP contribution in [0.2, 0.25) is 5.15 Å². The Morgan fingerprint density at radius 1 is 1.33 bits per heavy atom. The zero-order valence-corrected chi connectivity index (χ0v) is 9.69. The first kappa shape index (κ1) is 8.53. The summed E-state index contributed by atoms with van der Waals surface area (Å²) < 4.78 is 3.79. The van der Waals surface area contributed by atoms with Gasteiger partial charge in [0.15, 0.2) is 0 Å². The van der Waals surface area contributed by atoms with E-state index in [1.54, 1.807) is 12.4 Å². The van der Waals surface area contributed by atoms with Crippen molar-refractivity contribution in [1.29, 1.82) is 0 Å². The highest BCUT2D eigenvalue weighted by atomic mass is 79.9. The molecule has 0 aliphatic rings. The zero-order chi connectivity index (χ0) is 8.72. The lowest BCUT2D eigenvalue weighted by Gasteiger charge is -1.95. The average molecular weight is 310 g/mol. The molecule has 0 saturated heterocycles. The minimum atomic E-state index is 0.596. The van der Waals surface area contributed by atoms with Crippen molar-refractivity contribution in [3.05, 3.63) is 32.7 Å². The van der Waals surface area contributed by atoms with Gasteiger partial charge in [-0.05, 0) is 31.9 Å². The fourth-order valence-electron chi connectivity index (χ4n) is 0.995. The van der Waals surface area contributed by atoms with Crippen molar-refractivity contribution in [1.82, 2.24) is 9.38 Å². The van der Waals surface area contributed by atoms with E-state index in [9.17, 15) is 0 Å². The molecule has 0 aliphatic heterocycles. The summed E-state index contributed by atoms with van der Waals surface area (Å²) in [5, 5.41) is 0.596.